The van der Waals surface area contributed by atoms with Crippen molar-refractivity contribution in [3.05, 3.63) is 48.3 Å². The summed E-state index contributed by atoms with van der Waals surface area (Å²) in [7, 11) is 0. The summed E-state index contributed by atoms with van der Waals surface area (Å²) in [6.07, 6.45) is 5.90. The standard InChI is InChI=1S/C19H22N2O4/c22-18-9-15(11-20(18)10-14-5-6-14)19(23)21(12-16-3-1-7-24-16)13-17-4-2-8-25-17/h1-4,7-8,14-15H,5-6,9-13H2. The maximum absolute atomic E-state index is 13.1. The van der Waals surface area contributed by atoms with E-state index in [2.05, 4.69) is 0 Å². The molecule has 2 aromatic rings. The van der Waals surface area contributed by atoms with Gasteiger partial charge in [0.25, 0.3) is 0 Å². The molecule has 1 saturated heterocycles. The van der Waals surface area contributed by atoms with Crippen LogP contribution in [0.15, 0.2) is 45.6 Å². The van der Waals surface area contributed by atoms with Crippen molar-refractivity contribution < 1.29 is 18.4 Å². The van der Waals surface area contributed by atoms with E-state index in [0.717, 1.165) is 18.1 Å². The van der Waals surface area contributed by atoms with Gasteiger partial charge in [0, 0.05) is 19.5 Å². The van der Waals surface area contributed by atoms with Gasteiger partial charge in [-0.1, -0.05) is 0 Å². The zero-order chi connectivity index (χ0) is 17.2. The SMILES string of the molecule is O=C1CC(C(=O)N(Cc2ccco2)Cc2ccco2)CN1CC1CC1. The normalized spacial score (nSPS) is 20.2. The summed E-state index contributed by atoms with van der Waals surface area (Å²) in [5, 5.41) is 0. The Bertz CT molecular complexity index is 682. The highest BCUT2D eigenvalue weighted by atomic mass is 16.3. The van der Waals surface area contributed by atoms with Crippen molar-refractivity contribution in [3.63, 3.8) is 0 Å². The highest BCUT2D eigenvalue weighted by molar-refractivity contribution is 5.89. The highest BCUT2D eigenvalue weighted by Gasteiger charge is 2.39. The minimum absolute atomic E-state index is 0.0144. The van der Waals surface area contributed by atoms with Crippen molar-refractivity contribution in [3.8, 4) is 0 Å². The molecular formula is C19H22N2O4. The molecule has 2 aromatic heterocycles. The van der Waals surface area contributed by atoms with E-state index in [0.29, 0.717) is 32.0 Å². The molecule has 3 heterocycles. The van der Waals surface area contributed by atoms with Gasteiger partial charge in [0.1, 0.15) is 11.5 Å². The summed E-state index contributed by atoms with van der Waals surface area (Å²) < 4.78 is 10.8. The van der Waals surface area contributed by atoms with Crippen LogP contribution in [-0.2, 0) is 22.7 Å². The lowest BCUT2D eigenvalue weighted by molar-refractivity contribution is -0.137. The summed E-state index contributed by atoms with van der Waals surface area (Å²) in [6, 6.07) is 7.31. The molecule has 6 nitrogen and oxygen atoms in total. The van der Waals surface area contributed by atoms with Crippen molar-refractivity contribution in [2.75, 3.05) is 13.1 Å². The molecule has 2 fully saturated rings. The molecule has 4 rings (SSSR count). The first-order valence-corrected chi connectivity index (χ1v) is 8.80. The van der Waals surface area contributed by atoms with Gasteiger partial charge in [-0.2, -0.15) is 0 Å². The average Bonchev–Trinajstić information content (AvgIpc) is 2.99. The number of hydrogen-bond donors (Lipinski definition) is 0. The Morgan fingerprint density at radius 3 is 2.28 bits per heavy atom. The molecular weight excluding hydrogens is 320 g/mol. The molecule has 0 bridgehead atoms. The number of furan rings is 2. The first-order chi connectivity index (χ1) is 12.2. The summed E-state index contributed by atoms with van der Waals surface area (Å²) >= 11 is 0. The molecule has 1 aliphatic heterocycles. The molecule has 1 unspecified atom stereocenters. The third-order valence-corrected chi connectivity index (χ3v) is 4.90. The number of nitrogens with zero attached hydrogens (tertiary/aromatic N) is 2. The zero-order valence-electron chi connectivity index (χ0n) is 14.1. The predicted octanol–water partition coefficient (Wildman–Crippen LogP) is 2.66. The number of rotatable bonds is 7. The fourth-order valence-corrected chi connectivity index (χ4v) is 3.38. The summed E-state index contributed by atoms with van der Waals surface area (Å²) in [5.74, 6) is 1.88. The smallest absolute Gasteiger partial charge is 0.228 e. The molecule has 2 amide bonds. The minimum atomic E-state index is -0.281. The minimum Gasteiger partial charge on any atom is -0.467 e. The van der Waals surface area contributed by atoms with Crippen LogP contribution in [0.5, 0.6) is 0 Å². The Hall–Kier alpha value is -2.50. The van der Waals surface area contributed by atoms with Crippen LogP contribution >= 0.6 is 0 Å². The molecule has 0 aromatic carbocycles. The van der Waals surface area contributed by atoms with Gasteiger partial charge in [0.2, 0.25) is 11.8 Å². The summed E-state index contributed by atoms with van der Waals surface area (Å²) in [5.41, 5.74) is 0. The van der Waals surface area contributed by atoms with Crippen LogP contribution in [0.2, 0.25) is 0 Å². The maximum atomic E-state index is 13.1. The number of carbonyl (C=O) groups excluding carboxylic acids is 2. The Kier molecular flexibility index (Phi) is 4.34. The van der Waals surface area contributed by atoms with E-state index >= 15 is 0 Å². The molecule has 0 radical (unpaired) electrons. The lowest BCUT2D eigenvalue weighted by Gasteiger charge is -2.24. The maximum Gasteiger partial charge on any atom is 0.228 e. The largest absolute Gasteiger partial charge is 0.467 e. The van der Waals surface area contributed by atoms with Gasteiger partial charge in [-0.05, 0) is 43.0 Å². The first-order valence-electron chi connectivity index (χ1n) is 8.80. The molecule has 25 heavy (non-hydrogen) atoms. The molecule has 0 spiro atoms. The van der Waals surface area contributed by atoms with Crippen molar-refractivity contribution in [1.82, 2.24) is 9.80 Å². The number of hydrogen-bond acceptors (Lipinski definition) is 4. The summed E-state index contributed by atoms with van der Waals surface area (Å²) in [4.78, 5) is 28.9. The Morgan fingerprint density at radius 2 is 1.76 bits per heavy atom. The predicted molar refractivity (Wildman–Crippen MR) is 89.1 cm³/mol. The van der Waals surface area contributed by atoms with Crippen molar-refractivity contribution in [1.29, 1.82) is 0 Å². The van der Waals surface area contributed by atoms with Crippen LogP contribution in [0.1, 0.15) is 30.8 Å². The van der Waals surface area contributed by atoms with Crippen LogP contribution in [0.4, 0.5) is 0 Å². The molecule has 0 N–H and O–H groups in total. The molecule has 132 valence electrons. The van der Waals surface area contributed by atoms with Gasteiger partial charge in [0.05, 0.1) is 31.5 Å². The van der Waals surface area contributed by atoms with Gasteiger partial charge >= 0.3 is 0 Å². The van der Waals surface area contributed by atoms with Gasteiger partial charge < -0.3 is 18.6 Å². The van der Waals surface area contributed by atoms with Crippen LogP contribution in [0.25, 0.3) is 0 Å². The topological polar surface area (TPSA) is 66.9 Å². The van der Waals surface area contributed by atoms with E-state index in [4.69, 9.17) is 8.83 Å². The number of carbonyl (C=O) groups is 2. The van der Waals surface area contributed by atoms with Crippen molar-refractivity contribution in [2.45, 2.75) is 32.4 Å². The van der Waals surface area contributed by atoms with Gasteiger partial charge in [-0.3, -0.25) is 9.59 Å². The zero-order valence-corrected chi connectivity index (χ0v) is 14.1. The summed E-state index contributed by atoms with van der Waals surface area (Å²) in [6.45, 7) is 2.08. The first kappa shape index (κ1) is 16.0. The average molecular weight is 342 g/mol. The Labute approximate surface area is 146 Å². The second-order valence-electron chi connectivity index (χ2n) is 7.00. The second-order valence-corrected chi connectivity index (χ2v) is 7.00. The van der Waals surface area contributed by atoms with Gasteiger partial charge in [-0.15, -0.1) is 0 Å². The quantitative estimate of drug-likeness (QED) is 0.776. The fourth-order valence-electron chi connectivity index (χ4n) is 3.38. The molecule has 1 saturated carbocycles. The molecule has 6 heteroatoms. The van der Waals surface area contributed by atoms with E-state index in [1.54, 1.807) is 29.6 Å². The highest BCUT2D eigenvalue weighted by Crippen LogP contribution is 2.32. The Morgan fingerprint density at radius 1 is 1.12 bits per heavy atom. The van der Waals surface area contributed by atoms with Crippen LogP contribution in [-0.4, -0.2) is 34.7 Å². The second kappa shape index (κ2) is 6.78. The van der Waals surface area contributed by atoms with Gasteiger partial charge in [0.15, 0.2) is 0 Å². The lowest BCUT2D eigenvalue weighted by Crippen LogP contribution is -2.36. The van der Waals surface area contributed by atoms with E-state index in [1.165, 1.54) is 12.8 Å². The third-order valence-electron chi connectivity index (χ3n) is 4.90. The van der Waals surface area contributed by atoms with Crippen LogP contribution in [0, 0.1) is 11.8 Å². The van der Waals surface area contributed by atoms with Crippen LogP contribution < -0.4 is 0 Å². The van der Waals surface area contributed by atoms with E-state index in [9.17, 15) is 9.59 Å². The monoisotopic (exact) mass is 342 g/mol. The van der Waals surface area contributed by atoms with E-state index < -0.39 is 0 Å². The number of amides is 2. The van der Waals surface area contributed by atoms with Crippen molar-refractivity contribution in [2.24, 2.45) is 11.8 Å². The third kappa shape index (κ3) is 3.78. The van der Waals surface area contributed by atoms with Gasteiger partial charge in [-0.25, -0.2) is 0 Å². The fraction of sp³-hybridized carbons (Fsp3) is 0.474. The van der Waals surface area contributed by atoms with Crippen molar-refractivity contribution >= 4 is 11.8 Å². The molecule has 1 aliphatic carbocycles. The Balaban J connectivity index is 1.45. The van der Waals surface area contributed by atoms with E-state index in [-0.39, 0.29) is 17.7 Å². The lowest BCUT2D eigenvalue weighted by atomic mass is 10.1. The number of likely N-dealkylation sites (tertiary alicyclic amines) is 1. The molecule has 2 aliphatic rings. The van der Waals surface area contributed by atoms with Crippen LogP contribution in [0.3, 0.4) is 0 Å². The van der Waals surface area contributed by atoms with E-state index in [1.807, 2.05) is 17.0 Å². The molecule has 1 atom stereocenters.